The molecule has 0 saturated heterocycles. The summed E-state index contributed by atoms with van der Waals surface area (Å²) in [7, 11) is 0. The molecular formula is C20H19BrN4O. The molecule has 6 heteroatoms. The van der Waals surface area contributed by atoms with E-state index < -0.39 is 0 Å². The first-order chi connectivity index (χ1) is 12.4. The van der Waals surface area contributed by atoms with E-state index in [2.05, 4.69) is 36.5 Å². The van der Waals surface area contributed by atoms with Gasteiger partial charge in [-0.1, -0.05) is 15.9 Å². The molecule has 0 bridgehead atoms. The topological polar surface area (TPSA) is 66.9 Å². The molecule has 1 heterocycles. The summed E-state index contributed by atoms with van der Waals surface area (Å²) >= 11 is 3.45. The van der Waals surface area contributed by atoms with Crippen molar-refractivity contribution < 1.29 is 4.79 Å². The SMILES string of the molecule is Cc1cc(C)nc(Nc2ccc(C(=O)Nc3ccc(Br)c(C)c3)cc2)n1. The van der Waals surface area contributed by atoms with E-state index in [0.717, 1.165) is 32.8 Å². The Hall–Kier alpha value is -2.73. The van der Waals surface area contributed by atoms with Crippen LogP contribution in [0.1, 0.15) is 27.3 Å². The number of carbonyl (C=O) groups is 1. The van der Waals surface area contributed by atoms with Crippen molar-refractivity contribution in [2.24, 2.45) is 0 Å². The first-order valence-corrected chi connectivity index (χ1v) is 8.97. The first-order valence-electron chi connectivity index (χ1n) is 8.17. The van der Waals surface area contributed by atoms with E-state index in [1.807, 2.05) is 57.2 Å². The number of rotatable bonds is 4. The van der Waals surface area contributed by atoms with E-state index in [-0.39, 0.29) is 5.91 Å². The van der Waals surface area contributed by atoms with Crippen LogP contribution in [0.25, 0.3) is 0 Å². The highest BCUT2D eigenvalue weighted by atomic mass is 79.9. The molecule has 132 valence electrons. The molecule has 3 rings (SSSR count). The number of aromatic nitrogens is 2. The summed E-state index contributed by atoms with van der Waals surface area (Å²) < 4.78 is 1.01. The highest BCUT2D eigenvalue weighted by molar-refractivity contribution is 9.10. The van der Waals surface area contributed by atoms with Crippen molar-refractivity contribution in [2.45, 2.75) is 20.8 Å². The van der Waals surface area contributed by atoms with Crippen molar-refractivity contribution >= 4 is 39.2 Å². The number of anilines is 3. The van der Waals surface area contributed by atoms with E-state index in [1.165, 1.54) is 0 Å². The quantitative estimate of drug-likeness (QED) is 0.623. The van der Waals surface area contributed by atoms with Gasteiger partial charge in [0.05, 0.1) is 0 Å². The summed E-state index contributed by atoms with van der Waals surface area (Å²) in [4.78, 5) is 21.1. The summed E-state index contributed by atoms with van der Waals surface area (Å²) in [5.41, 5.74) is 5.04. The van der Waals surface area contributed by atoms with Gasteiger partial charge in [0.1, 0.15) is 0 Å². The number of amides is 1. The minimum atomic E-state index is -0.152. The average Bonchev–Trinajstić information content (AvgIpc) is 2.58. The van der Waals surface area contributed by atoms with Crippen LogP contribution in [0.4, 0.5) is 17.3 Å². The van der Waals surface area contributed by atoms with Gasteiger partial charge in [0.2, 0.25) is 5.95 Å². The summed E-state index contributed by atoms with van der Waals surface area (Å²) in [5, 5.41) is 6.06. The zero-order valence-electron chi connectivity index (χ0n) is 14.8. The third-order valence-corrected chi connectivity index (χ3v) is 4.69. The van der Waals surface area contributed by atoms with Gasteiger partial charge in [0.15, 0.2) is 0 Å². The number of nitrogens with one attached hydrogen (secondary N) is 2. The second-order valence-electron chi connectivity index (χ2n) is 6.09. The van der Waals surface area contributed by atoms with Crippen LogP contribution in [-0.2, 0) is 0 Å². The van der Waals surface area contributed by atoms with Gasteiger partial charge in [0.25, 0.3) is 5.91 Å². The summed E-state index contributed by atoms with van der Waals surface area (Å²) in [6.07, 6.45) is 0. The Labute approximate surface area is 161 Å². The first kappa shape index (κ1) is 18.1. The molecule has 1 amide bonds. The zero-order valence-corrected chi connectivity index (χ0v) is 16.4. The van der Waals surface area contributed by atoms with Gasteiger partial charge in [-0.15, -0.1) is 0 Å². The van der Waals surface area contributed by atoms with Crippen molar-refractivity contribution in [1.82, 2.24) is 9.97 Å². The lowest BCUT2D eigenvalue weighted by Gasteiger charge is -2.09. The van der Waals surface area contributed by atoms with Crippen LogP contribution in [0.2, 0.25) is 0 Å². The highest BCUT2D eigenvalue weighted by Gasteiger charge is 2.08. The maximum absolute atomic E-state index is 12.4. The van der Waals surface area contributed by atoms with Gasteiger partial charge in [-0.05, 0) is 74.9 Å². The van der Waals surface area contributed by atoms with Gasteiger partial charge in [-0.2, -0.15) is 0 Å². The Morgan fingerprint density at radius 2 is 1.50 bits per heavy atom. The molecule has 0 aliphatic rings. The largest absolute Gasteiger partial charge is 0.324 e. The van der Waals surface area contributed by atoms with Gasteiger partial charge in [0, 0.05) is 32.8 Å². The van der Waals surface area contributed by atoms with Crippen molar-refractivity contribution in [3.63, 3.8) is 0 Å². The molecule has 0 aliphatic heterocycles. The van der Waals surface area contributed by atoms with E-state index in [9.17, 15) is 4.79 Å². The van der Waals surface area contributed by atoms with Gasteiger partial charge in [-0.3, -0.25) is 4.79 Å². The number of hydrogen-bond donors (Lipinski definition) is 2. The maximum atomic E-state index is 12.4. The molecular weight excluding hydrogens is 392 g/mol. The molecule has 0 fully saturated rings. The number of nitrogens with zero attached hydrogens (tertiary/aromatic N) is 2. The van der Waals surface area contributed by atoms with Gasteiger partial charge in [-0.25, -0.2) is 9.97 Å². The molecule has 1 aromatic heterocycles. The van der Waals surface area contributed by atoms with Gasteiger partial charge >= 0.3 is 0 Å². The van der Waals surface area contributed by atoms with Crippen molar-refractivity contribution in [2.75, 3.05) is 10.6 Å². The highest BCUT2D eigenvalue weighted by Crippen LogP contribution is 2.21. The zero-order chi connectivity index (χ0) is 18.7. The lowest BCUT2D eigenvalue weighted by atomic mass is 10.1. The van der Waals surface area contributed by atoms with Crippen LogP contribution in [0.15, 0.2) is 53.0 Å². The van der Waals surface area contributed by atoms with Crippen LogP contribution in [0.3, 0.4) is 0 Å². The molecule has 0 saturated carbocycles. The second-order valence-corrected chi connectivity index (χ2v) is 6.95. The standard InChI is InChI=1S/C20H19BrN4O/c1-12-10-17(8-9-18(12)21)24-19(26)15-4-6-16(7-5-15)25-20-22-13(2)11-14(3)23-20/h4-11H,1-3H3,(H,24,26)(H,22,23,25). The smallest absolute Gasteiger partial charge is 0.255 e. The fourth-order valence-electron chi connectivity index (χ4n) is 2.54. The predicted octanol–water partition coefficient (Wildman–Crippen LogP) is 5.16. The molecule has 0 unspecified atom stereocenters. The Kier molecular flexibility index (Phi) is 5.32. The van der Waals surface area contributed by atoms with Crippen LogP contribution in [0.5, 0.6) is 0 Å². The van der Waals surface area contributed by atoms with Crippen LogP contribution in [-0.4, -0.2) is 15.9 Å². The molecule has 0 atom stereocenters. The van der Waals surface area contributed by atoms with Crippen molar-refractivity contribution in [3.05, 3.63) is 75.5 Å². The van der Waals surface area contributed by atoms with Crippen LogP contribution in [0, 0.1) is 20.8 Å². The lowest BCUT2D eigenvalue weighted by molar-refractivity contribution is 0.102. The van der Waals surface area contributed by atoms with E-state index >= 15 is 0 Å². The van der Waals surface area contributed by atoms with Gasteiger partial charge < -0.3 is 10.6 Å². The summed E-state index contributed by atoms with van der Waals surface area (Å²) in [6, 6.07) is 14.8. The minimum absolute atomic E-state index is 0.152. The number of benzene rings is 2. The third kappa shape index (κ3) is 4.46. The molecule has 5 nitrogen and oxygen atoms in total. The molecule has 0 spiro atoms. The van der Waals surface area contributed by atoms with Crippen LogP contribution < -0.4 is 10.6 Å². The Bertz CT molecular complexity index is 934. The molecule has 3 aromatic rings. The van der Waals surface area contributed by atoms with Crippen LogP contribution >= 0.6 is 15.9 Å². The van der Waals surface area contributed by atoms with Crippen molar-refractivity contribution in [3.8, 4) is 0 Å². The number of hydrogen-bond acceptors (Lipinski definition) is 4. The molecule has 26 heavy (non-hydrogen) atoms. The average molecular weight is 411 g/mol. The fourth-order valence-corrected chi connectivity index (χ4v) is 2.79. The van der Waals surface area contributed by atoms with E-state index in [4.69, 9.17) is 0 Å². The maximum Gasteiger partial charge on any atom is 0.255 e. The molecule has 2 N–H and O–H groups in total. The number of carbonyl (C=O) groups excluding carboxylic acids is 1. The van der Waals surface area contributed by atoms with Crippen molar-refractivity contribution in [1.29, 1.82) is 0 Å². The van der Waals surface area contributed by atoms with E-state index in [1.54, 1.807) is 12.1 Å². The predicted molar refractivity (Wildman–Crippen MR) is 108 cm³/mol. The minimum Gasteiger partial charge on any atom is -0.324 e. The summed E-state index contributed by atoms with van der Waals surface area (Å²) in [5.74, 6) is 0.394. The number of halogens is 1. The second kappa shape index (κ2) is 7.66. The lowest BCUT2D eigenvalue weighted by Crippen LogP contribution is -2.12. The summed E-state index contributed by atoms with van der Waals surface area (Å²) in [6.45, 7) is 5.84. The normalized spacial score (nSPS) is 10.5. The monoisotopic (exact) mass is 410 g/mol. The van der Waals surface area contributed by atoms with E-state index in [0.29, 0.717) is 11.5 Å². The molecule has 2 aromatic carbocycles. The fraction of sp³-hybridized carbons (Fsp3) is 0.150. The third-order valence-electron chi connectivity index (χ3n) is 3.80. The Morgan fingerprint density at radius 3 is 2.12 bits per heavy atom. The molecule has 0 aliphatic carbocycles. The Morgan fingerprint density at radius 1 is 0.885 bits per heavy atom. The molecule has 0 radical (unpaired) electrons. The Balaban J connectivity index is 1.70. The number of aryl methyl sites for hydroxylation is 3.